The lowest BCUT2D eigenvalue weighted by Gasteiger charge is -2.20. The predicted octanol–water partition coefficient (Wildman–Crippen LogP) is 6.14. The second-order valence-electron chi connectivity index (χ2n) is 4.83. The molecule has 0 aliphatic carbocycles. The van der Waals surface area contributed by atoms with Gasteiger partial charge < -0.3 is 10.1 Å². The van der Waals surface area contributed by atoms with Crippen molar-refractivity contribution in [2.24, 2.45) is 0 Å². The number of hydrogen-bond acceptors (Lipinski definition) is 2. The highest BCUT2D eigenvalue weighted by atomic mass is 35.5. The number of nitrogens with one attached hydrogen (secondary N) is 1. The van der Waals surface area contributed by atoms with Gasteiger partial charge in [-0.15, -0.1) is 0 Å². The maximum atomic E-state index is 6.24. The zero-order chi connectivity index (χ0) is 15.6. The van der Waals surface area contributed by atoms with E-state index in [9.17, 15) is 0 Å². The van der Waals surface area contributed by atoms with Gasteiger partial charge in [-0.3, -0.25) is 0 Å². The first-order chi connectivity index (χ1) is 9.92. The Labute approximate surface area is 140 Å². The summed E-state index contributed by atoms with van der Waals surface area (Å²) in [6.07, 6.45) is 0. The van der Waals surface area contributed by atoms with Gasteiger partial charge in [-0.1, -0.05) is 34.8 Å². The van der Waals surface area contributed by atoms with Crippen molar-refractivity contribution in [2.75, 3.05) is 12.4 Å². The molecular formula is C16H16Cl3NO. The SMILES string of the molecule is COc1cc(Cl)c(C)cc1NC(C)c1cc(Cl)ccc1Cl. The van der Waals surface area contributed by atoms with Crippen molar-refractivity contribution in [1.82, 2.24) is 0 Å². The lowest BCUT2D eigenvalue weighted by molar-refractivity contribution is 0.416. The Kier molecular flexibility index (Phi) is 5.26. The Balaban J connectivity index is 2.33. The number of methoxy groups -OCH3 is 1. The van der Waals surface area contributed by atoms with Crippen molar-refractivity contribution in [2.45, 2.75) is 19.9 Å². The van der Waals surface area contributed by atoms with E-state index in [1.807, 2.05) is 26.0 Å². The van der Waals surface area contributed by atoms with Crippen LogP contribution in [0.1, 0.15) is 24.1 Å². The van der Waals surface area contributed by atoms with E-state index in [2.05, 4.69) is 5.32 Å². The molecule has 0 amide bonds. The summed E-state index contributed by atoms with van der Waals surface area (Å²) in [4.78, 5) is 0. The highest BCUT2D eigenvalue weighted by Crippen LogP contribution is 2.35. The first kappa shape index (κ1) is 16.3. The number of halogens is 3. The fourth-order valence-corrected chi connectivity index (χ4v) is 2.72. The van der Waals surface area contributed by atoms with Crippen LogP contribution in [0.25, 0.3) is 0 Å². The number of benzene rings is 2. The quantitative estimate of drug-likeness (QED) is 0.719. The van der Waals surface area contributed by atoms with Crippen LogP contribution in [-0.2, 0) is 0 Å². The van der Waals surface area contributed by atoms with E-state index in [4.69, 9.17) is 39.5 Å². The number of aryl methyl sites for hydroxylation is 1. The highest BCUT2D eigenvalue weighted by molar-refractivity contribution is 6.33. The third-order valence-corrected chi connectivity index (χ3v) is 4.26. The average molecular weight is 345 g/mol. The molecule has 0 spiro atoms. The topological polar surface area (TPSA) is 21.3 Å². The van der Waals surface area contributed by atoms with Crippen LogP contribution in [-0.4, -0.2) is 7.11 Å². The van der Waals surface area contributed by atoms with Crippen LogP contribution in [0, 0.1) is 6.92 Å². The molecule has 1 N–H and O–H groups in total. The van der Waals surface area contributed by atoms with Gasteiger partial charge >= 0.3 is 0 Å². The number of rotatable bonds is 4. The Morgan fingerprint density at radius 1 is 1.05 bits per heavy atom. The van der Waals surface area contributed by atoms with Crippen molar-refractivity contribution < 1.29 is 4.74 Å². The van der Waals surface area contributed by atoms with Crippen molar-refractivity contribution in [3.05, 3.63) is 56.5 Å². The fraction of sp³-hybridized carbons (Fsp3) is 0.250. The van der Waals surface area contributed by atoms with Gasteiger partial charge in [-0.05, 0) is 49.2 Å². The van der Waals surface area contributed by atoms with Crippen LogP contribution >= 0.6 is 34.8 Å². The molecule has 2 nitrogen and oxygen atoms in total. The van der Waals surface area contributed by atoms with Crippen LogP contribution in [0.5, 0.6) is 5.75 Å². The van der Waals surface area contributed by atoms with Gasteiger partial charge in [0.05, 0.1) is 18.8 Å². The molecule has 2 aromatic carbocycles. The zero-order valence-corrected chi connectivity index (χ0v) is 14.3. The van der Waals surface area contributed by atoms with Crippen LogP contribution in [0.4, 0.5) is 5.69 Å². The second kappa shape index (κ2) is 6.78. The summed E-state index contributed by atoms with van der Waals surface area (Å²) in [6, 6.07) is 9.15. The lowest BCUT2D eigenvalue weighted by atomic mass is 10.1. The largest absolute Gasteiger partial charge is 0.495 e. The maximum Gasteiger partial charge on any atom is 0.143 e. The van der Waals surface area contributed by atoms with E-state index in [-0.39, 0.29) is 6.04 Å². The minimum Gasteiger partial charge on any atom is -0.495 e. The standard InChI is InChI=1S/C16H16Cl3NO/c1-9-6-15(16(21-3)8-14(9)19)20-10(2)12-7-11(17)4-5-13(12)18/h4-8,10,20H,1-3H3. The molecule has 0 bridgehead atoms. The third-order valence-electron chi connectivity index (χ3n) is 3.28. The van der Waals surface area contributed by atoms with E-state index < -0.39 is 0 Å². The van der Waals surface area contributed by atoms with Gasteiger partial charge in [0.15, 0.2) is 0 Å². The molecule has 5 heteroatoms. The summed E-state index contributed by atoms with van der Waals surface area (Å²) in [7, 11) is 1.61. The molecule has 0 fully saturated rings. The van der Waals surface area contributed by atoms with E-state index in [1.165, 1.54) is 0 Å². The van der Waals surface area contributed by atoms with Gasteiger partial charge in [-0.2, -0.15) is 0 Å². The Morgan fingerprint density at radius 3 is 2.43 bits per heavy atom. The molecular weight excluding hydrogens is 329 g/mol. The first-order valence-electron chi connectivity index (χ1n) is 6.48. The van der Waals surface area contributed by atoms with Crippen LogP contribution in [0.3, 0.4) is 0 Å². The number of ether oxygens (including phenoxy) is 1. The third kappa shape index (κ3) is 3.76. The Bertz CT molecular complexity index is 658. The second-order valence-corrected chi connectivity index (χ2v) is 6.08. The monoisotopic (exact) mass is 343 g/mol. The van der Waals surface area contributed by atoms with Crippen molar-refractivity contribution in [3.63, 3.8) is 0 Å². The molecule has 1 unspecified atom stereocenters. The van der Waals surface area contributed by atoms with Gasteiger partial charge in [0.1, 0.15) is 5.75 Å². The zero-order valence-electron chi connectivity index (χ0n) is 12.0. The predicted molar refractivity (Wildman–Crippen MR) is 91.2 cm³/mol. The summed E-state index contributed by atoms with van der Waals surface area (Å²) >= 11 is 18.4. The molecule has 112 valence electrons. The van der Waals surface area contributed by atoms with Gasteiger partial charge in [0.2, 0.25) is 0 Å². The van der Waals surface area contributed by atoms with E-state index in [0.29, 0.717) is 20.8 Å². The molecule has 0 radical (unpaired) electrons. The molecule has 2 rings (SSSR count). The summed E-state index contributed by atoms with van der Waals surface area (Å²) in [5, 5.41) is 5.38. The highest BCUT2D eigenvalue weighted by Gasteiger charge is 2.14. The van der Waals surface area contributed by atoms with Crippen LogP contribution in [0.2, 0.25) is 15.1 Å². The molecule has 21 heavy (non-hydrogen) atoms. The Hall–Kier alpha value is -1.09. The normalized spacial score (nSPS) is 12.1. The van der Waals surface area contributed by atoms with Gasteiger partial charge in [-0.25, -0.2) is 0 Å². The molecule has 0 saturated heterocycles. The van der Waals surface area contributed by atoms with E-state index >= 15 is 0 Å². The molecule has 0 aliphatic rings. The smallest absolute Gasteiger partial charge is 0.143 e. The van der Waals surface area contributed by atoms with Gasteiger partial charge in [0, 0.05) is 21.1 Å². The summed E-state index contributed by atoms with van der Waals surface area (Å²) in [6.45, 7) is 3.96. The summed E-state index contributed by atoms with van der Waals surface area (Å²) in [5.74, 6) is 0.690. The average Bonchev–Trinajstić information content (AvgIpc) is 2.45. The first-order valence-corrected chi connectivity index (χ1v) is 7.61. The minimum absolute atomic E-state index is 0.0225. The van der Waals surface area contributed by atoms with Gasteiger partial charge in [0.25, 0.3) is 0 Å². The van der Waals surface area contributed by atoms with Crippen molar-refractivity contribution >= 4 is 40.5 Å². The minimum atomic E-state index is -0.0225. The summed E-state index contributed by atoms with van der Waals surface area (Å²) in [5.41, 5.74) is 2.77. The van der Waals surface area contributed by atoms with E-state index in [0.717, 1.165) is 16.8 Å². The molecule has 0 aliphatic heterocycles. The van der Waals surface area contributed by atoms with Crippen molar-refractivity contribution in [3.8, 4) is 5.75 Å². The number of hydrogen-bond donors (Lipinski definition) is 1. The fourth-order valence-electron chi connectivity index (χ4n) is 2.10. The lowest BCUT2D eigenvalue weighted by Crippen LogP contribution is -2.08. The molecule has 0 heterocycles. The van der Waals surface area contributed by atoms with Crippen LogP contribution in [0.15, 0.2) is 30.3 Å². The number of anilines is 1. The summed E-state index contributed by atoms with van der Waals surface area (Å²) < 4.78 is 5.37. The Morgan fingerprint density at radius 2 is 1.76 bits per heavy atom. The van der Waals surface area contributed by atoms with Crippen molar-refractivity contribution in [1.29, 1.82) is 0 Å². The maximum absolute atomic E-state index is 6.24. The molecule has 0 aromatic heterocycles. The van der Waals surface area contributed by atoms with E-state index in [1.54, 1.807) is 25.3 Å². The molecule has 1 atom stereocenters. The van der Waals surface area contributed by atoms with Crippen LogP contribution < -0.4 is 10.1 Å². The molecule has 0 saturated carbocycles. The molecule has 2 aromatic rings.